The minimum atomic E-state index is -1.37. The van der Waals surface area contributed by atoms with Gasteiger partial charge in [0.2, 0.25) is 0 Å². The van der Waals surface area contributed by atoms with E-state index in [0.717, 1.165) is 17.5 Å². The average molecular weight is 441 g/mol. The quantitative estimate of drug-likeness (QED) is 0.211. The Balaban J connectivity index is 2.35. The highest BCUT2D eigenvalue weighted by atomic mass is 32.1. The maximum absolute atomic E-state index is 12.4. The molecule has 0 bridgehead atoms. The second kappa shape index (κ2) is 9.72. The Hall–Kier alpha value is -2.92. The van der Waals surface area contributed by atoms with Crippen molar-refractivity contribution in [3.8, 4) is 0 Å². The first-order valence-electron chi connectivity index (χ1n) is 9.01. The van der Waals surface area contributed by atoms with Gasteiger partial charge in [0.15, 0.2) is 5.57 Å². The van der Waals surface area contributed by atoms with E-state index in [1.165, 1.54) is 21.0 Å². The van der Waals surface area contributed by atoms with Gasteiger partial charge in [-0.25, -0.2) is 19.2 Å². The molecule has 1 aliphatic rings. The van der Waals surface area contributed by atoms with Crippen LogP contribution >= 0.6 is 11.3 Å². The average Bonchev–Trinajstić information content (AvgIpc) is 2.97. The molecule has 0 amide bonds. The molecule has 164 valence electrons. The van der Waals surface area contributed by atoms with E-state index < -0.39 is 29.7 Å². The third-order valence-electron chi connectivity index (χ3n) is 3.80. The number of ether oxygens (including phenoxy) is 5. The molecule has 1 fully saturated rings. The number of cyclic esters (lactones) is 2. The van der Waals surface area contributed by atoms with Crippen molar-refractivity contribution in [3.63, 3.8) is 0 Å². The minimum absolute atomic E-state index is 0.0433. The van der Waals surface area contributed by atoms with Crippen LogP contribution in [-0.2, 0) is 33.3 Å². The van der Waals surface area contributed by atoms with Crippen LogP contribution in [0.25, 0.3) is 0 Å². The monoisotopic (exact) mass is 441 g/mol. The predicted octanol–water partition coefficient (Wildman–Crippen LogP) is 2.17. The fourth-order valence-corrected chi connectivity index (χ4v) is 3.52. The second-order valence-electron chi connectivity index (χ2n) is 6.49. The number of rotatable bonds is 8. The zero-order chi connectivity index (χ0) is 22.5. The molecule has 0 atom stereocenters. The van der Waals surface area contributed by atoms with Gasteiger partial charge in [-0.1, -0.05) is 0 Å². The molecule has 2 heterocycles. The Morgan fingerprint density at radius 3 is 2.30 bits per heavy atom. The first kappa shape index (κ1) is 23.4. The Labute approximate surface area is 177 Å². The van der Waals surface area contributed by atoms with Gasteiger partial charge in [0, 0.05) is 27.2 Å². The van der Waals surface area contributed by atoms with E-state index in [1.807, 2.05) is 0 Å². The normalized spacial score (nSPS) is 15.2. The van der Waals surface area contributed by atoms with E-state index in [4.69, 9.17) is 23.7 Å². The van der Waals surface area contributed by atoms with Gasteiger partial charge in [-0.3, -0.25) is 0 Å². The number of hydrogen-bond donors (Lipinski definition) is 1. The van der Waals surface area contributed by atoms with Crippen molar-refractivity contribution in [3.05, 3.63) is 27.8 Å². The maximum Gasteiger partial charge on any atom is 0.350 e. The van der Waals surface area contributed by atoms with E-state index in [2.05, 4.69) is 5.32 Å². The van der Waals surface area contributed by atoms with E-state index in [9.17, 15) is 19.2 Å². The summed E-state index contributed by atoms with van der Waals surface area (Å²) in [7, 11) is 1.47. The summed E-state index contributed by atoms with van der Waals surface area (Å²) in [6.45, 7) is 6.45. The first-order valence-corrected chi connectivity index (χ1v) is 9.82. The van der Waals surface area contributed by atoms with Gasteiger partial charge < -0.3 is 29.0 Å². The molecule has 1 saturated heterocycles. The van der Waals surface area contributed by atoms with Gasteiger partial charge >= 0.3 is 23.9 Å². The lowest BCUT2D eigenvalue weighted by Gasteiger charge is -2.29. The largest absolute Gasteiger partial charge is 0.462 e. The van der Waals surface area contributed by atoms with Crippen LogP contribution < -0.4 is 5.32 Å². The number of esters is 4. The molecular formula is C19H23NO9S. The first-order chi connectivity index (χ1) is 14.1. The second-order valence-corrected chi connectivity index (χ2v) is 7.51. The molecule has 0 unspecified atom stereocenters. The van der Waals surface area contributed by atoms with Gasteiger partial charge in [0.1, 0.15) is 16.5 Å². The Morgan fingerprint density at radius 2 is 1.73 bits per heavy atom. The molecular weight excluding hydrogens is 418 g/mol. The van der Waals surface area contributed by atoms with E-state index in [0.29, 0.717) is 5.56 Å². The predicted molar refractivity (Wildman–Crippen MR) is 105 cm³/mol. The lowest BCUT2D eigenvalue weighted by Crippen LogP contribution is -2.42. The summed E-state index contributed by atoms with van der Waals surface area (Å²) < 4.78 is 25.0. The Bertz CT molecular complexity index is 863. The van der Waals surface area contributed by atoms with Crippen LogP contribution in [0.15, 0.2) is 11.8 Å². The van der Waals surface area contributed by atoms with Gasteiger partial charge in [-0.2, -0.15) is 0 Å². The molecule has 1 aliphatic heterocycles. The number of nitrogens with one attached hydrogen (secondary N) is 1. The van der Waals surface area contributed by atoms with Crippen LogP contribution in [-0.4, -0.2) is 56.6 Å². The highest BCUT2D eigenvalue weighted by molar-refractivity contribution is 7.18. The third-order valence-corrected chi connectivity index (χ3v) is 5.00. The fourth-order valence-electron chi connectivity index (χ4n) is 2.46. The standard InChI is InChI=1S/C19H23NO9S/c1-6-26-17(23)12-10(2)13(18(24)27-8-7-25-5)30-14(12)20-9-11-15(21)28-19(3,4)29-16(11)22/h9,20H,6-8H2,1-5H3. The topological polar surface area (TPSA) is 126 Å². The number of hydrogen-bond acceptors (Lipinski definition) is 11. The highest BCUT2D eigenvalue weighted by Gasteiger charge is 2.39. The zero-order valence-corrected chi connectivity index (χ0v) is 18.1. The van der Waals surface area contributed by atoms with Gasteiger partial charge in [0.25, 0.3) is 5.79 Å². The van der Waals surface area contributed by atoms with Crippen LogP contribution in [0.3, 0.4) is 0 Å². The summed E-state index contributed by atoms with van der Waals surface area (Å²) in [6, 6.07) is 0. The van der Waals surface area contributed by atoms with Crippen molar-refractivity contribution >= 4 is 40.2 Å². The molecule has 11 heteroatoms. The summed E-state index contributed by atoms with van der Waals surface area (Å²) in [5.41, 5.74) is 0.0476. The van der Waals surface area contributed by atoms with Crippen LogP contribution in [0.4, 0.5) is 5.00 Å². The number of anilines is 1. The Morgan fingerprint density at radius 1 is 1.10 bits per heavy atom. The maximum atomic E-state index is 12.4. The molecule has 2 rings (SSSR count). The molecule has 0 aromatic carbocycles. The summed E-state index contributed by atoms with van der Waals surface area (Å²) in [4.78, 5) is 49.1. The molecule has 0 radical (unpaired) electrons. The van der Waals surface area contributed by atoms with Gasteiger partial charge in [0.05, 0.1) is 18.8 Å². The van der Waals surface area contributed by atoms with Crippen LogP contribution in [0.5, 0.6) is 0 Å². The van der Waals surface area contributed by atoms with Crippen LogP contribution in [0.2, 0.25) is 0 Å². The number of carbonyl (C=O) groups is 4. The number of methoxy groups -OCH3 is 1. The Kier molecular flexibility index (Phi) is 7.57. The number of thiophene rings is 1. The SMILES string of the molecule is CCOC(=O)c1c(NC=C2C(=O)OC(C)(C)OC2=O)sc(C(=O)OCCOC)c1C. The van der Waals surface area contributed by atoms with Crippen molar-refractivity contribution in [2.45, 2.75) is 33.5 Å². The van der Waals surface area contributed by atoms with Gasteiger partial charge in [-0.15, -0.1) is 11.3 Å². The lowest BCUT2D eigenvalue weighted by atomic mass is 10.1. The van der Waals surface area contributed by atoms with Crippen molar-refractivity contribution in [2.24, 2.45) is 0 Å². The molecule has 10 nitrogen and oxygen atoms in total. The molecule has 0 aliphatic carbocycles. The van der Waals surface area contributed by atoms with E-state index in [-0.39, 0.29) is 40.8 Å². The zero-order valence-electron chi connectivity index (χ0n) is 17.3. The van der Waals surface area contributed by atoms with E-state index >= 15 is 0 Å². The van der Waals surface area contributed by atoms with Crippen molar-refractivity contribution in [1.82, 2.24) is 0 Å². The number of carbonyl (C=O) groups excluding carboxylic acids is 4. The molecule has 1 aromatic rings. The minimum Gasteiger partial charge on any atom is -0.462 e. The fraction of sp³-hybridized carbons (Fsp3) is 0.474. The molecule has 30 heavy (non-hydrogen) atoms. The van der Waals surface area contributed by atoms with E-state index in [1.54, 1.807) is 13.8 Å². The summed E-state index contributed by atoms with van der Waals surface area (Å²) in [5.74, 6) is -4.44. The molecule has 1 N–H and O–H groups in total. The van der Waals surface area contributed by atoms with Crippen molar-refractivity contribution < 1.29 is 42.9 Å². The van der Waals surface area contributed by atoms with Crippen LogP contribution in [0, 0.1) is 6.92 Å². The highest BCUT2D eigenvalue weighted by Crippen LogP contribution is 2.35. The summed E-state index contributed by atoms with van der Waals surface area (Å²) >= 11 is 0.921. The molecule has 0 saturated carbocycles. The summed E-state index contributed by atoms with van der Waals surface area (Å²) in [6.07, 6.45) is 1.06. The van der Waals surface area contributed by atoms with Gasteiger partial charge in [-0.05, 0) is 19.4 Å². The van der Waals surface area contributed by atoms with Crippen LogP contribution in [0.1, 0.15) is 46.4 Å². The van der Waals surface area contributed by atoms with Crippen molar-refractivity contribution in [2.75, 3.05) is 32.2 Å². The molecule has 0 spiro atoms. The third kappa shape index (κ3) is 5.36. The lowest BCUT2D eigenvalue weighted by molar-refractivity contribution is -0.222. The summed E-state index contributed by atoms with van der Waals surface area (Å²) in [5, 5.41) is 2.91. The molecule has 1 aromatic heterocycles. The smallest absolute Gasteiger partial charge is 0.350 e. The van der Waals surface area contributed by atoms with Crippen molar-refractivity contribution in [1.29, 1.82) is 0 Å².